The van der Waals surface area contributed by atoms with Gasteiger partial charge in [0.05, 0.1) is 23.0 Å². The second kappa shape index (κ2) is 5.03. The van der Waals surface area contributed by atoms with Gasteiger partial charge in [-0.05, 0) is 39.3 Å². The first kappa shape index (κ1) is 13.6. The zero-order valence-corrected chi connectivity index (χ0v) is 12.6. The van der Waals surface area contributed by atoms with Crippen molar-refractivity contribution in [2.24, 2.45) is 5.73 Å². The fourth-order valence-electron chi connectivity index (χ4n) is 1.94. The number of rotatable bonds is 3. The lowest BCUT2D eigenvalue weighted by atomic mass is 10.1. The van der Waals surface area contributed by atoms with Gasteiger partial charge in [-0.3, -0.25) is 4.68 Å². The van der Waals surface area contributed by atoms with Crippen LogP contribution in [0.15, 0.2) is 12.3 Å². The Kier molecular flexibility index (Phi) is 3.80. The van der Waals surface area contributed by atoms with Crippen LogP contribution in [0, 0.1) is 13.8 Å². The lowest BCUT2D eigenvalue weighted by molar-refractivity contribution is 0.500. The smallest absolute Gasteiger partial charge is 0.0838 e. The SMILES string of the molecule is Cc1cc(C(N)c2c(Cl)cnn2C(C)C)sc1C. The normalized spacial score (nSPS) is 13.3. The quantitative estimate of drug-likeness (QED) is 0.930. The molecular formula is C13H18ClN3S. The summed E-state index contributed by atoms with van der Waals surface area (Å²) in [7, 11) is 0. The molecule has 0 aliphatic rings. The first-order valence-electron chi connectivity index (χ1n) is 5.97. The third-order valence-corrected chi connectivity index (χ3v) is 4.59. The highest BCUT2D eigenvalue weighted by Gasteiger charge is 2.21. The number of aryl methyl sites for hydroxylation is 2. The maximum absolute atomic E-state index is 6.35. The zero-order chi connectivity index (χ0) is 13.4. The summed E-state index contributed by atoms with van der Waals surface area (Å²) >= 11 is 7.95. The minimum absolute atomic E-state index is 0.209. The molecule has 2 aromatic heterocycles. The molecule has 2 aromatic rings. The average molecular weight is 284 g/mol. The number of thiophene rings is 1. The monoisotopic (exact) mass is 283 g/mol. The molecule has 0 aliphatic carbocycles. The second-order valence-electron chi connectivity index (χ2n) is 4.78. The van der Waals surface area contributed by atoms with Crippen molar-refractivity contribution < 1.29 is 0 Å². The van der Waals surface area contributed by atoms with Gasteiger partial charge in [-0.15, -0.1) is 11.3 Å². The van der Waals surface area contributed by atoms with E-state index in [4.69, 9.17) is 17.3 Å². The van der Waals surface area contributed by atoms with E-state index in [0.717, 1.165) is 10.6 Å². The van der Waals surface area contributed by atoms with Crippen molar-refractivity contribution in [3.8, 4) is 0 Å². The number of nitrogens with two attached hydrogens (primary N) is 1. The van der Waals surface area contributed by atoms with Crippen molar-refractivity contribution in [3.63, 3.8) is 0 Å². The predicted molar refractivity (Wildman–Crippen MR) is 77.4 cm³/mol. The maximum atomic E-state index is 6.35. The maximum Gasteiger partial charge on any atom is 0.0838 e. The Bertz CT molecular complexity index is 537. The Labute approximate surface area is 117 Å². The van der Waals surface area contributed by atoms with Crippen LogP contribution < -0.4 is 5.73 Å². The number of halogens is 1. The van der Waals surface area contributed by atoms with Gasteiger partial charge in [-0.2, -0.15) is 5.10 Å². The minimum Gasteiger partial charge on any atom is -0.318 e. The molecule has 0 saturated heterocycles. The molecule has 0 bridgehead atoms. The van der Waals surface area contributed by atoms with Crippen molar-refractivity contribution in [1.29, 1.82) is 0 Å². The highest BCUT2D eigenvalue weighted by Crippen LogP contribution is 2.33. The van der Waals surface area contributed by atoms with E-state index >= 15 is 0 Å². The molecule has 0 saturated carbocycles. The van der Waals surface area contributed by atoms with Gasteiger partial charge in [0, 0.05) is 15.8 Å². The van der Waals surface area contributed by atoms with Crippen LogP contribution in [0.25, 0.3) is 0 Å². The Morgan fingerprint density at radius 2 is 2.06 bits per heavy atom. The van der Waals surface area contributed by atoms with Crippen LogP contribution in [0.4, 0.5) is 0 Å². The Hall–Kier alpha value is -0.840. The first-order valence-corrected chi connectivity index (χ1v) is 7.16. The molecule has 2 rings (SSSR count). The third kappa shape index (κ3) is 2.32. The summed E-state index contributed by atoms with van der Waals surface area (Å²) in [5, 5.41) is 4.94. The van der Waals surface area contributed by atoms with Gasteiger partial charge < -0.3 is 5.73 Å². The second-order valence-corrected chi connectivity index (χ2v) is 6.48. The highest BCUT2D eigenvalue weighted by atomic mass is 35.5. The van der Waals surface area contributed by atoms with E-state index in [9.17, 15) is 0 Å². The van der Waals surface area contributed by atoms with Gasteiger partial charge in [0.25, 0.3) is 0 Å². The standard InChI is InChI=1S/C13H18ClN3S/c1-7(2)17-13(10(14)6-16-17)12(15)11-5-8(3)9(4)18-11/h5-7,12H,15H2,1-4H3. The number of hydrogen-bond acceptors (Lipinski definition) is 3. The number of aromatic nitrogens is 2. The van der Waals surface area contributed by atoms with Gasteiger partial charge in [0.2, 0.25) is 0 Å². The molecule has 2 heterocycles. The fourth-order valence-corrected chi connectivity index (χ4v) is 3.24. The molecule has 3 nitrogen and oxygen atoms in total. The van der Waals surface area contributed by atoms with E-state index in [-0.39, 0.29) is 12.1 Å². The molecule has 18 heavy (non-hydrogen) atoms. The zero-order valence-electron chi connectivity index (χ0n) is 11.1. The summed E-state index contributed by atoms with van der Waals surface area (Å²) in [6, 6.07) is 2.18. The van der Waals surface area contributed by atoms with Crippen molar-refractivity contribution in [2.45, 2.75) is 39.8 Å². The van der Waals surface area contributed by atoms with Crippen molar-refractivity contribution >= 4 is 22.9 Å². The van der Waals surface area contributed by atoms with E-state index < -0.39 is 0 Å². The molecule has 0 radical (unpaired) electrons. The van der Waals surface area contributed by atoms with Crippen LogP contribution in [0.3, 0.4) is 0 Å². The summed E-state index contributed by atoms with van der Waals surface area (Å²) in [5.74, 6) is 0. The molecular weight excluding hydrogens is 266 g/mol. The highest BCUT2D eigenvalue weighted by molar-refractivity contribution is 7.12. The Balaban J connectivity index is 2.45. The summed E-state index contributed by atoms with van der Waals surface area (Å²) < 4.78 is 1.90. The van der Waals surface area contributed by atoms with E-state index in [2.05, 4.69) is 38.9 Å². The van der Waals surface area contributed by atoms with Gasteiger partial charge in [-0.25, -0.2) is 0 Å². The Morgan fingerprint density at radius 3 is 2.56 bits per heavy atom. The molecule has 1 atom stereocenters. The van der Waals surface area contributed by atoms with Crippen molar-refractivity contribution in [2.75, 3.05) is 0 Å². The number of nitrogens with zero attached hydrogens (tertiary/aromatic N) is 2. The van der Waals surface area contributed by atoms with Crippen molar-refractivity contribution in [3.05, 3.63) is 38.3 Å². The van der Waals surface area contributed by atoms with Crippen LogP contribution >= 0.6 is 22.9 Å². The molecule has 0 fully saturated rings. The largest absolute Gasteiger partial charge is 0.318 e. The molecule has 0 amide bonds. The predicted octanol–water partition coefficient (Wildman–Crippen LogP) is 3.84. The van der Waals surface area contributed by atoms with Gasteiger partial charge >= 0.3 is 0 Å². The van der Waals surface area contributed by atoms with Crippen LogP contribution in [-0.4, -0.2) is 9.78 Å². The lowest BCUT2D eigenvalue weighted by Gasteiger charge is -2.16. The third-order valence-electron chi connectivity index (χ3n) is 3.06. The molecule has 2 N–H and O–H groups in total. The van der Waals surface area contributed by atoms with E-state index in [1.807, 2.05) is 4.68 Å². The first-order chi connectivity index (χ1) is 8.41. The van der Waals surface area contributed by atoms with Gasteiger partial charge in [0.15, 0.2) is 0 Å². The number of hydrogen-bond donors (Lipinski definition) is 1. The summed E-state index contributed by atoms with van der Waals surface area (Å²) in [5.41, 5.74) is 8.52. The van der Waals surface area contributed by atoms with Gasteiger partial charge in [0.1, 0.15) is 0 Å². The molecule has 0 spiro atoms. The van der Waals surface area contributed by atoms with E-state index in [0.29, 0.717) is 5.02 Å². The topological polar surface area (TPSA) is 43.8 Å². The minimum atomic E-state index is -0.209. The summed E-state index contributed by atoms with van der Waals surface area (Å²) in [6.07, 6.45) is 1.67. The Morgan fingerprint density at radius 1 is 1.39 bits per heavy atom. The molecule has 1 unspecified atom stereocenters. The van der Waals surface area contributed by atoms with Crippen LogP contribution in [0.5, 0.6) is 0 Å². The van der Waals surface area contributed by atoms with E-state index in [1.54, 1.807) is 17.5 Å². The summed E-state index contributed by atoms with van der Waals surface area (Å²) in [4.78, 5) is 2.43. The summed E-state index contributed by atoms with van der Waals surface area (Å²) in [6.45, 7) is 8.36. The average Bonchev–Trinajstić information content (AvgIpc) is 2.83. The fraction of sp³-hybridized carbons (Fsp3) is 0.462. The van der Waals surface area contributed by atoms with Crippen LogP contribution in [-0.2, 0) is 0 Å². The molecule has 98 valence electrons. The van der Waals surface area contributed by atoms with Crippen LogP contribution in [0.2, 0.25) is 5.02 Å². The van der Waals surface area contributed by atoms with Crippen molar-refractivity contribution in [1.82, 2.24) is 9.78 Å². The molecule has 0 aromatic carbocycles. The van der Waals surface area contributed by atoms with Crippen LogP contribution in [0.1, 0.15) is 46.9 Å². The molecule has 0 aliphatic heterocycles. The lowest BCUT2D eigenvalue weighted by Crippen LogP contribution is -2.18. The van der Waals surface area contributed by atoms with Gasteiger partial charge in [-0.1, -0.05) is 11.6 Å². The van der Waals surface area contributed by atoms with E-state index in [1.165, 1.54) is 10.4 Å². The molecule has 5 heteroatoms.